The van der Waals surface area contributed by atoms with Gasteiger partial charge in [0.25, 0.3) is 0 Å². The van der Waals surface area contributed by atoms with Gasteiger partial charge in [-0.1, -0.05) is 19.1 Å². The zero-order valence-electron chi connectivity index (χ0n) is 13.4. The molecule has 7 heteroatoms. The molecule has 2 N–H and O–H groups in total. The van der Waals surface area contributed by atoms with Gasteiger partial charge in [0.1, 0.15) is 5.82 Å². The van der Waals surface area contributed by atoms with Gasteiger partial charge >= 0.3 is 5.97 Å². The molecule has 0 fully saturated rings. The molecular formula is C16H24ClFN2O3. The van der Waals surface area contributed by atoms with Gasteiger partial charge in [-0.15, -0.1) is 12.4 Å². The lowest BCUT2D eigenvalue weighted by Gasteiger charge is -2.26. The maximum atomic E-state index is 12.8. The Labute approximate surface area is 142 Å². The quantitative estimate of drug-likeness (QED) is 0.718. The molecular weight excluding hydrogens is 323 g/mol. The van der Waals surface area contributed by atoms with Crippen LogP contribution in [0.2, 0.25) is 0 Å². The Balaban J connectivity index is 0.00000484. The smallest absolute Gasteiger partial charge is 0.317 e. The highest BCUT2D eigenvalue weighted by atomic mass is 35.5. The van der Waals surface area contributed by atoms with Crippen LogP contribution in [0.1, 0.15) is 25.8 Å². The molecule has 130 valence electrons. The van der Waals surface area contributed by atoms with Crippen LogP contribution in [0, 0.1) is 5.82 Å². The van der Waals surface area contributed by atoms with Crippen molar-refractivity contribution in [2.75, 3.05) is 19.6 Å². The van der Waals surface area contributed by atoms with E-state index in [1.54, 1.807) is 24.0 Å². The van der Waals surface area contributed by atoms with Crippen LogP contribution in [-0.2, 0) is 16.0 Å². The van der Waals surface area contributed by atoms with Crippen LogP contribution in [0.25, 0.3) is 0 Å². The molecule has 0 heterocycles. The predicted molar refractivity (Wildman–Crippen MR) is 89.3 cm³/mol. The molecule has 0 bridgehead atoms. The van der Waals surface area contributed by atoms with Gasteiger partial charge in [-0.05, 0) is 44.0 Å². The van der Waals surface area contributed by atoms with Gasteiger partial charge in [0.05, 0.1) is 12.6 Å². The molecule has 23 heavy (non-hydrogen) atoms. The molecule has 1 atom stereocenters. The summed E-state index contributed by atoms with van der Waals surface area (Å²) in [6, 6.07) is 5.63. The fourth-order valence-corrected chi connectivity index (χ4v) is 2.17. The van der Waals surface area contributed by atoms with Crippen molar-refractivity contribution in [3.8, 4) is 0 Å². The van der Waals surface area contributed by atoms with Crippen molar-refractivity contribution in [1.82, 2.24) is 10.2 Å². The number of benzene rings is 1. The van der Waals surface area contributed by atoms with E-state index in [0.717, 1.165) is 12.0 Å². The standard InChI is InChI=1S/C16H23FN2O3.ClH/c1-3-10-19(11-15(20)21)12(2)16(22)18-9-8-13-4-6-14(17)7-5-13;/h4-7,12H,3,8-11H2,1-2H3,(H,18,22)(H,20,21);1H. The maximum absolute atomic E-state index is 12.8. The van der Waals surface area contributed by atoms with Crippen molar-refractivity contribution in [3.05, 3.63) is 35.6 Å². The normalized spacial score (nSPS) is 11.7. The largest absolute Gasteiger partial charge is 0.480 e. The SMILES string of the molecule is CCCN(CC(=O)O)C(C)C(=O)NCCc1ccc(F)cc1.Cl. The van der Waals surface area contributed by atoms with Crippen molar-refractivity contribution >= 4 is 24.3 Å². The average Bonchev–Trinajstić information content (AvgIpc) is 2.47. The van der Waals surface area contributed by atoms with Crippen molar-refractivity contribution in [1.29, 1.82) is 0 Å². The number of hydrogen-bond donors (Lipinski definition) is 2. The summed E-state index contributed by atoms with van der Waals surface area (Å²) >= 11 is 0. The van der Waals surface area contributed by atoms with Crippen molar-refractivity contribution in [2.45, 2.75) is 32.7 Å². The van der Waals surface area contributed by atoms with Gasteiger partial charge in [0.2, 0.25) is 5.91 Å². The van der Waals surface area contributed by atoms with Crippen molar-refractivity contribution in [2.24, 2.45) is 0 Å². The predicted octanol–water partition coefficient (Wildman–Crippen LogP) is 2.09. The lowest BCUT2D eigenvalue weighted by Crippen LogP contribution is -2.47. The van der Waals surface area contributed by atoms with Gasteiger partial charge in [-0.3, -0.25) is 14.5 Å². The zero-order chi connectivity index (χ0) is 16.5. The Morgan fingerprint density at radius 1 is 1.30 bits per heavy atom. The lowest BCUT2D eigenvalue weighted by molar-refractivity contribution is -0.139. The van der Waals surface area contributed by atoms with Gasteiger partial charge in [-0.2, -0.15) is 0 Å². The number of halogens is 2. The van der Waals surface area contributed by atoms with Gasteiger partial charge in [0, 0.05) is 6.54 Å². The molecule has 5 nitrogen and oxygen atoms in total. The first-order chi connectivity index (χ1) is 10.4. The number of carbonyl (C=O) groups excluding carboxylic acids is 1. The summed E-state index contributed by atoms with van der Waals surface area (Å²) in [5.74, 6) is -1.43. The molecule has 1 rings (SSSR count). The van der Waals surface area contributed by atoms with Gasteiger partial charge < -0.3 is 10.4 Å². The van der Waals surface area contributed by atoms with Gasteiger partial charge in [-0.25, -0.2) is 4.39 Å². The summed E-state index contributed by atoms with van der Waals surface area (Å²) in [6.07, 6.45) is 1.38. The van der Waals surface area contributed by atoms with E-state index in [1.807, 2.05) is 6.92 Å². The highest BCUT2D eigenvalue weighted by Gasteiger charge is 2.22. The van der Waals surface area contributed by atoms with E-state index in [0.29, 0.717) is 19.5 Å². The highest BCUT2D eigenvalue weighted by Crippen LogP contribution is 2.04. The van der Waals surface area contributed by atoms with Crippen molar-refractivity contribution in [3.63, 3.8) is 0 Å². The van der Waals surface area contributed by atoms with Crippen LogP contribution in [0.4, 0.5) is 4.39 Å². The van der Waals surface area contributed by atoms with E-state index in [1.165, 1.54) is 12.1 Å². The molecule has 0 aromatic heterocycles. The summed E-state index contributed by atoms with van der Waals surface area (Å²) in [5.41, 5.74) is 0.935. The van der Waals surface area contributed by atoms with Crippen LogP contribution in [0.5, 0.6) is 0 Å². The monoisotopic (exact) mass is 346 g/mol. The molecule has 0 saturated carbocycles. The summed E-state index contributed by atoms with van der Waals surface area (Å²) in [5, 5.41) is 11.7. The van der Waals surface area contributed by atoms with Crippen LogP contribution < -0.4 is 5.32 Å². The Morgan fingerprint density at radius 2 is 1.91 bits per heavy atom. The summed E-state index contributed by atoms with van der Waals surface area (Å²) < 4.78 is 12.8. The van der Waals surface area contributed by atoms with Crippen LogP contribution in [0.3, 0.4) is 0 Å². The number of aliphatic carboxylic acids is 1. The third kappa shape index (κ3) is 7.95. The molecule has 0 aliphatic carbocycles. The fourth-order valence-electron chi connectivity index (χ4n) is 2.17. The number of carboxylic acids is 1. The Bertz CT molecular complexity index is 497. The van der Waals surface area contributed by atoms with Crippen molar-refractivity contribution < 1.29 is 19.1 Å². The lowest BCUT2D eigenvalue weighted by atomic mass is 10.1. The maximum Gasteiger partial charge on any atom is 0.317 e. The minimum absolute atomic E-state index is 0. The Morgan fingerprint density at radius 3 is 2.43 bits per heavy atom. The first-order valence-corrected chi connectivity index (χ1v) is 7.42. The Kier molecular flexibility index (Phi) is 10.2. The van der Waals surface area contributed by atoms with Crippen LogP contribution in [0.15, 0.2) is 24.3 Å². The number of amides is 1. The molecule has 0 radical (unpaired) electrons. The van der Waals surface area contributed by atoms with E-state index in [4.69, 9.17) is 5.11 Å². The van der Waals surface area contributed by atoms with Crippen LogP contribution in [-0.4, -0.2) is 47.6 Å². The second kappa shape index (κ2) is 11.0. The number of carboxylic acid groups (broad SMARTS) is 1. The molecule has 1 aromatic carbocycles. The number of nitrogens with zero attached hydrogens (tertiary/aromatic N) is 1. The molecule has 0 saturated heterocycles. The number of rotatable bonds is 9. The molecule has 1 amide bonds. The topological polar surface area (TPSA) is 69.6 Å². The summed E-state index contributed by atoms with van der Waals surface area (Å²) in [6.45, 7) is 4.47. The van der Waals surface area contributed by atoms with E-state index in [2.05, 4.69) is 5.32 Å². The van der Waals surface area contributed by atoms with Crippen LogP contribution >= 0.6 is 12.4 Å². The molecule has 0 aliphatic heterocycles. The first kappa shape index (κ1) is 21.3. The first-order valence-electron chi connectivity index (χ1n) is 7.42. The number of nitrogens with one attached hydrogen (secondary N) is 1. The summed E-state index contributed by atoms with van der Waals surface area (Å²) in [4.78, 5) is 24.5. The second-order valence-corrected chi connectivity index (χ2v) is 5.21. The van der Waals surface area contributed by atoms with Gasteiger partial charge in [0.15, 0.2) is 0 Å². The van der Waals surface area contributed by atoms with E-state index < -0.39 is 12.0 Å². The highest BCUT2D eigenvalue weighted by molar-refractivity contribution is 5.85. The van der Waals surface area contributed by atoms with E-state index >= 15 is 0 Å². The minimum Gasteiger partial charge on any atom is -0.480 e. The zero-order valence-corrected chi connectivity index (χ0v) is 14.2. The minimum atomic E-state index is -0.945. The average molecular weight is 347 g/mol. The molecule has 1 aromatic rings. The summed E-state index contributed by atoms with van der Waals surface area (Å²) in [7, 11) is 0. The fraction of sp³-hybridized carbons (Fsp3) is 0.500. The second-order valence-electron chi connectivity index (χ2n) is 5.21. The third-order valence-electron chi connectivity index (χ3n) is 3.40. The molecule has 0 spiro atoms. The Hall–Kier alpha value is -1.66. The van der Waals surface area contributed by atoms with E-state index in [-0.39, 0.29) is 30.7 Å². The molecule has 1 unspecified atom stereocenters. The number of carbonyl (C=O) groups is 2. The number of hydrogen-bond acceptors (Lipinski definition) is 3. The molecule has 0 aliphatic rings. The van der Waals surface area contributed by atoms with E-state index in [9.17, 15) is 14.0 Å². The third-order valence-corrected chi connectivity index (χ3v) is 3.40.